The van der Waals surface area contributed by atoms with Crippen molar-refractivity contribution in [3.8, 4) is 0 Å². The summed E-state index contributed by atoms with van der Waals surface area (Å²) in [6.07, 6.45) is -11.5. The highest BCUT2D eigenvalue weighted by Gasteiger charge is 2.38. The quantitative estimate of drug-likeness (QED) is 0.285. The van der Waals surface area contributed by atoms with Crippen molar-refractivity contribution in [1.29, 1.82) is 0 Å². The van der Waals surface area contributed by atoms with Crippen molar-refractivity contribution in [2.24, 2.45) is 0 Å². The van der Waals surface area contributed by atoms with Crippen LogP contribution in [0.3, 0.4) is 0 Å². The minimum atomic E-state index is -4.88. The number of aromatic nitrogens is 6. The van der Waals surface area contributed by atoms with Crippen molar-refractivity contribution < 1.29 is 39.5 Å². The molecule has 0 aromatic carbocycles. The number of rotatable bonds is 6. The number of hydrogen-bond donors (Lipinski definition) is 2. The van der Waals surface area contributed by atoms with Crippen LogP contribution in [0.2, 0.25) is 0 Å². The summed E-state index contributed by atoms with van der Waals surface area (Å²) in [5.74, 6) is -2.58. The van der Waals surface area contributed by atoms with Crippen molar-refractivity contribution in [2.45, 2.75) is 25.1 Å². The Labute approximate surface area is 212 Å². The fourth-order valence-corrected chi connectivity index (χ4v) is 3.66. The van der Waals surface area contributed by atoms with Gasteiger partial charge in [-0.1, -0.05) is 0 Å². The second kappa shape index (κ2) is 9.73. The number of halogens is 9. The zero-order valence-corrected chi connectivity index (χ0v) is 19.7. The van der Waals surface area contributed by atoms with Crippen molar-refractivity contribution in [2.75, 3.05) is 29.6 Å². The zero-order valence-electron chi connectivity index (χ0n) is 19.7. The van der Waals surface area contributed by atoms with E-state index in [4.69, 9.17) is 0 Å². The minimum Gasteiger partial charge on any atom is -0.372 e. The van der Waals surface area contributed by atoms with Crippen LogP contribution in [0.4, 0.5) is 68.7 Å². The highest BCUT2D eigenvalue weighted by atomic mass is 19.4. The molecule has 0 unspecified atom stereocenters. The first kappa shape index (κ1) is 27.6. The summed E-state index contributed by atoms with van der Waals surface area (Å²) in [5, 5.41) is 4.55. The molecule has 208 valence electrons. The molecule has 4 aromatic heterocycles. The maximum absolute atomic E-state index is 13.4. The third-order valence-corrected chi connectivity index (χ3v) is 5.24. The largest absolute Gasteiger partial charge is 0.421 e. The summed E-state index contributed by atoms with van der Waals surface area (Å²) in [5.41, 5.74) is -2.90. The van der Waals surface area contributed by atoms with E-state index in [0.29, 0.717) is 17.0 Å². The van der Waals surface area contributed by atoms with E-state index in [1.807, 2.05) is 0 Å². The van der Waals surface area contributed by atoms with Gasteiger partial charge in [0.15, 0.2) is 0 Å². The predicted molar refractivity (Wildman–Crippen MR) is 121 cm³/mol. The van der Waals surface area contributed by atoms with Crippen LogP contribution in [0.1, 0.15) is 11.1 Å². The Morgan fingerprint density at radius 3 is 1.74 bits per heavy atom. The van der Waals surface area contributed by atoms with E-state index >= 15 is 0 Å². The Balaban J connectivity index is 2.02. The monoisotopic (exact) mass is 565 g/mol. The van der Waals surface area contributed by atoms with E-state index in [1.54, 1.807) is 0 Å². The van der Waals surface area contributed by atoms with Gasteiger partial charge in [-0.05, 0) is 12.1 Å². The Kier molecular flexibility index (Phi) is 6.90. The number of hydrogen-bond acceptors (Lipinski definition) is 8. The smallest absolute Gasteiger partial charge is 0.372 e. The predicted octanol–water partition coefficient (Wildman–Crippen LogP) is 5.77. The Hall–Kier alpha value is -4.38. The molecule has 0 aliphatic rings. The molecule has 0 aliphatic heterocycles. The van der Waals surface area contributed by atoms with Gasteiger partial charge in [0, 0.05) is 44.3 Å². The number of anilines is 5. The van der Waals surface area contributed by atoms with E-state index in [1.165, 1.54) is 18.3 Å². The summed E-state index contributed by atoms with van der Waals surface area (Å²) in [4.78, 5) is 19.9. The van der Waals surface area contributed by atoms with Gasteiger partial charge in [-0.15, -0.1) is 0 Å². The number of nitrogens with one attached hydrogen (secondary N) is 2. The number of pyridine rings is 1. The van der Waals surface area contributed by atoms with Crippen LogP contribution < -0.4 is 15.5 Å². The molecule has 4 rings (SSSR count). The maximum Gasteiger partial charge on any atom is 0.421 e. The van der Waals surface area contributed by atoms with Crippen molar-refractivity contribution >= 4 is 40.3 Å². The van der Waals surface area contributed by atoms with Crippen molar-refractivity contribution in [3.05, 3.63) is 48.0 Å². The molecule has 0 amide bonds. The first-order chi connectivity index (χ1) is 18.1. The lowest BCUT2D eigenvalue weighted by molar-refractivity contribution is -0.140. The van der Waals surface area contributed by atoms with E-state index < -0.39 is 59.7 Å². The topological polar surface area (TPSA) is 96.7 Å². The van der Waals surface area contributed by atoms with Gasteiger partial charge < -0.3 is 15.2 Å². The lowest BCUT2D eigenvalue weighted by Gasteiger charge is -2.23. The minimum absolute atomic E-state index is 0.0331. The van der Waals surface area contributed by atoms with E-state index in [9.17, 15) is 39.5 Å². The van der Waals surface area contributed by atoms with Crippen molar-refractivity contribution in [3.63, 3.8) is 0 Å². The van der Waals surface area contributed by atoms with Gasteiger partial charge in [0.1, 0.15) is 35.0 Å². The second-order valence-electron chi connectivity index (χ2n) is 7.83. The van der Waals surface area contributed by atoms with Gasteiger partial charge in [-0.3, -0.25) is 0 Å². The molecule has 0 aliphatic carbocycles. The van der Waals surface area contributed by atoms with Gasteiger partial charge in [-0.2, -0.15) is 49.5 Å². The molecule has 0 radical (unpaired) electrons. The SMILES string of the molecule is CNc1nc(N(c2ncc(C(F)(F)F)c(NC)n2)c2cn(CC(F)(F)F)c3ncccc23)ncc1C(F)(F)F. The van der Waals surface area contributed by atoms with Gasteiger partial charge in [-0.25, -0.2) is 19.9 Å². The van der Waals surface area contributed by atoms with Gasteiger partial charge in [0.05, 0.1) is 5.69 Å². The highest BCUT2D eigenvalue weighted by Crippen LogP contribution is 2.41. The first-order valence-corrected chi connectivity index (χ1v) is 10.7. The molecular weight excluding hydrogens is 549 g/mol. The average Bonchev–Trinajstić information content (AvgIpc) is 3.19. The normalized spacial score (nSPS) is 12.6. The molecule has 0 saturated heterocycles. The molecule has 39 heavy (non-hydrogen) atoms. The third-order valence-electron chi connectivity index (χ3n) is 5.24. The Bertz CT molecular complexity index is 1430. The summed E-state index contributed by atoms with van der Waals surface area (Å²) in [6.45, 7) is -1.50. The molecular formula is C21H16F9N9. The average molecular weight is 565 g/mol. The van der Waals surface area contributed by atoms with Crippen LogP contribution in [-0.2, 0) is 18.9 Å². The van der Waals surface area contributed by atoms with Gasteiger partial charge in [0.2, 0.25) is 11.9 Å². The molecule has 0 atom stereocenters. The molecule has 4 aromatic rings. The summed E-state index contributed by atoms with van der Waals surface area (Å²) in [7, 11) is 2.27. The lowest BCUT2D eigenvalue weighted by atomic mass is 10.2. The number of fused-ring (bicyclic) bond motifs is 1. The molecule has 0 bridgehead atoms. The summed E-state index contributed by atoms with van der Waals surface area (Å²) < 4.78 is 121. The number of nitrogens with zero attached hydrogens (tertiary/aromatic N) is 7. The Morgan fingerprint density at radius 1 is 0.795 bits per heavy atom. The molecule has 0 fully saturated rings. The summed E-state index contributed by atoms with van der Waals surface area (Å²) in [6, 6.07) is 2.73. The molecule has 0 saturated carbocycles. The van der Waals surface area contributed by atoms with Crippen LogP contribution in [0.25, 0.3) is 11.0 Å². The van der Waals surface area contributed by atoms with E-state index in [0.717, 1.165) is 25.2 Å². The molecule has 18 heteroatoms. The van der Waals surface area contributed by atoms with Crippen molar-refractivity contribution in [1.82, 2.24) is 29.5 Å². The van der Waals surface area contributed by atoms with E-state index in [2.05, 4.69) is 35.6 Å². The van der Waals surface area contributed by atoms with Crippen LogP contribution in [0.5, 0.6) is 0 Å². The van der Waals surface area contributed by atoms with Crippen LogP contribution in [0, 0.1) is 0 Å². The third kappa shape index (κ3) is 5.58. The standard InChI is InChI=1S/C21H16F9N9/c1-31-14-11(20(25,26)27)6-34-17(36-14)39(18-35-7-12(21(28,29)30)15(32-2)37-18)13-8-38(9-19(22,23)24)16-10(13)4-3-5-33-16/h3-8H,9H2,1-2H3,(H,31,34,36)(H,32,35,37). The van der Waals surface area contributed by atoms with Crippen LogP contribution in [0.15, 0.2) is 36.9 Å². The van der Waals surface area contributed by atoms with Crippen LogP contribution >= 0.6 is 0 Å². The van der Waals surface area contributed by atoms with Crippen LogP contribution in [-0.4, -0.2) is 49.8 Å². The Morgan fingerprint density at radius 2 is 1.31 bits per heavy atom. The molecule has 2 N–H and O–H groups in total. The van der Waals surface area contributed by atoms with E-state index in [-0.39, 0.29) is 16.7 Å². The fraction of sp³-hybridized carbons (Fsp3) is 0.286. The molecule has 4 heterocycles. The van der Waals surface area contributed by atoms with Gasteiger partial charge >= 0.3 is 18.5 Å². The zero-order chi connectivity index (χ0) is 28.8. The molecule has 9 nitrogen and oxygen atoms in total. The van der Waals surface area contributed by atoms with Gasteiger partial charge in [0.25, 0.3) is 0 Å². The molecule has 0 spiro atoms. The summed E-state index contributed by atoms with van der Waals surface area (Å²) >= 11 is 0. The fourth-order valence-electron chi connectivity index (χ4n) is 3.66. The number of alkyl halides is 9. The second-order valence-corrected chi connectivity index (χ2v) is 7.83. The first-order valence-electron chi connectivity index (χ1n) is 10.7. The lowest BCUT2D eigenvalue weighted by Crippen LogP contribution is -2.21. The highest BCUT2D eigenvalue weighted by molar-refractivity contribution is 5.95. The maximum atomic E-state index is 13.4.